The Balaban J connectivity index is 2.25. The van der Waals surface area contributed by atoms with Crippen LogP contribution in [0.5, 0.6) is 0 Å². The molecule has 0 bridgehead atoms. The normalized spacial score (nSPS) is 19.4. The molecule has 0 saturated carbocycles. The zero-order valence-electron chi connectivity index (χ0n) is 10.2. The molecule has 102 valence electrons. The molecule has 1 aliphatic heterocycles. The van der Waals surface area contributed by atoms with E-state index in [1.165, 1.54) is 12.1 Å². The summed E-state index contributed by atoms with van der Waals surface area (Å²) >= 11 is 0. The smallest absolute Gasteiger partial charge is 0.327 e. The lowest BCUT2D eigenvalue weighted by molar-refractivity contribution is -0.386. The fourth-order valence-corrected chi connectivity index (χ4v) is 2.08. The minimum Gasteiger partial charge on any atom is -0.368 e. The number of halogens is 1. The number of carbonyl (C=O) groups excluding carboxylic acids is 1. The van der Waals surface area contributed by atoms with Gasteiger partial charge in [-0.2, -0.15) is 4.39 Å². The van der Waals surface area contributed by atoms with Gasteiger partial charge >= 0.3 is 5.69 Å². The van der Waals surface area contributed by atoms with E-state index in [-0.39, 0.29) is 11.6 Å². The Morgan fingerprint density at radius 3 is 2.95 bits per heavy atom. The lowest BCUT2D eigenvalue weighted by Gasteiger charge is -2.16. The van der Waals surface area contributed by atoms with Crippen molar-refractivity contribution in [2.45, 2.75) is 25.3 Å². The molecule has 1 unspecified atom stereocenters. The summed E-state index contributed by atoms with van der Waals surface area (Å²) in [6, 6.07) is 3.23. The molecule has 2 rings (SSSR count). The molecule has 1 heterocycles. The summed E-state index contributed by atoms with van der Waals surface area (Å²) in [6.45, 7) is 0.599. The highest BCUT2D eigenvalue weighted by molar-refractivity contribution is 5.85. The van der Waals surface area contributed by atoms with Crippen molar-refractivity contribution in [2.75, 3.05) is 11.9 Å². The van der Waals surface area contributed by atoms with Crippen LogP contribution in [0.2, 0.25) is 0 Å². The van der Waals surface area contributed by atoms with Gasteiger partial charge in [0, 0.05) is 6.54 Å². The average Bonchev–Trinajstić information content (AvgIpc) is 2.54. The van der Waals surface area contributed by atoms with E-state index in [1.54, 1.807) is 0 Å². The van der Waals surface area contributed by atoms with E-state index in [0.29, 0.717) is 13.0 Å². The number of benzene rings is 1. The summed E-state index contributed by atoms with van der Waals surface area (Å²) < 4.78 is 13.5. The molecule has 6 nitrogen and oxygen atoms in total. The first kappa shape index (κ1) is 13.3. The predicted molar refractivity (Wildman–Crippen MR) is 67.3 cm³/mol. The van der Waals surface area contributed by atoms with Crippen molar-refractivity contribution < 1.29 is 14.1 Å². The lowest BCUT2D eigenvalue weighted by Crippen LogP contribution is -2.38. The van der Waals surface area contributed by atoms with Gasteiger partial charge in [0.2, 0.25) is 11.7 Å². The lowest BCUT2D eigenvalue weighted by atomic mass is 10.1. The maximum Gasteiger partial charge on any atom is 0.327 e. The molecule has 0 aromatic heterocycles. The topological polar surface area (TPSA) is 84.3 Å². The van der Waals surface area contributed by atoms with Crippen LogP contribution in [-0.2, 0) is 4.79 Å². The summed E-state index contributed by atoms with van der Waals surface area (Å²) in [7, 11) is 0. The molecule has 19 heavy (non-hydrogen) atoms. The van der Waals surface area contributed by atoms with Crippen molar-refractivity contribution in [3.8, 4) is 0 Å². The maximum atomic E-state index is 13.5. The van der Waals surface area contributed by atoms with Crippen LogP contribution < -0.4 is 10.6 Å². The van der Waals surface area contributed by atoms with Crippen molar-refractivity contribution >= 4 is 17.3 Å². The zero-order valence-corrected chi connectivity index (χ0v) is 10.2. The van der Waals surface area contributed by atoms with Gasteiger partial charge in [0.25, 0.3) is 0 Å². The number of hydrogen-bond donors (Lipinski definition) is 2. The highest BCUT2D eigenvalue weighted by atomic mass is 19.1. The van der Waals surface area contributed by atoms with Gasteiger partial charge in [-0.15, -0.1) is 0 Å². The monoisotopic (exact) mass is 267 g/mol. The summed E-state index contributed by atoms with van der Waals surface area (Å²) in [5.74, 6) is -1.12. The Bertz CT molecular complexity index is 507. The minimum atomic E-state index is -0.913. The summed E-state index contributed by atoms with van der Waals surface area (Å²) in [5, 5.41) is 16.3. The highest BCUT2D eigenvalue weighted by Gasteiger charge is 2.25. The number of amides is 1. The molecule has 1 atom stereocenters. The van der Waals surface area contributed by atoms with Gasteiger partial charge in [-0.1, -0.05) is 6.07 Å². The van der Waals surface area contributed by atoms with Crippen molar-refractivity contribution in [3.05, 3.63) is 34.1 Å². The third-order valence-electron chi connectivity index (χ3n) is 3.03. The molecule has 0 spiro atoms. The molecule has 0 aliphatic carbocycles. The van der Waals surface area contributed by atoms with Crippen molar-refractivity contribution in [1.29, 1.82) is 0 Å². The van der Waals surface area contributed by atoms with Gasteiger partial charge in [0.15, 0.2) is 0 Å². The van der Waals surface area contributed by atoms with Crippen molar-refractivity contribution in [1.82, 2.24) is 5.32 Å². The first-order chi connectivity index (χ1) is 9.09. The van der Waals surface area contributed by atoms with Crippen molar-refractivity contribution in [3.63, 3.8) is 0 Å². The first-order valence-corrected chi connectivity index (χ1v) is 6.07. The van der Waals surface area contributed by atoms with Gasteiger partial charge in [-0.05, 0) is 31.4 Å². The number of anilines is 1. The predicted octanol–water partition coefficient (Wildman–Crippen LogP) is 1.81. The molecule has 1 aliphatic rings. The molecule has 7 heteroatoms. The Morgan fingerprint density at radius 1 is 1.42 bits per heavy atom. The summed E-state index contributed by atoms with van der Waals surface area (Å²) in [5.41, 5.74) is -0.591. The van der Waals surface area contributed by atoms with Crippen LogP contribution in [0.15, 0.2) is 18.2 Å². The number of hydrogen-bond acceptors (Lipinski definition) is 4. The molecule has 1 aromatic rings. The van der Waals surface area contributed by atoms with Crippen LogP contribution in [0.3, 0.4) is 0 Å². The fourth-order valence-electron chi connectivity index (χ4n) is 2.08. The second kappa shape index (κ2) is 5.64. The van der Waals surface area contributed by atoms with Gasteiger partial charge in [0.05, 0.1) is 4.92 Å². The molecule has 2 N–H and O–H groups in total. The first-order valence-electron chi connectivity index (χ1n) is 6.07. The van der Waals surface area contributed by atoms with Crippen molar-refractivity contribution in [2.24, 2.45) is 0 Å². The highest BCUT2D eigenvalue weighted by Crippen LogP contribution is 2.28. The standard InChI is InChI=1S/C12H14FN3O3/c13-8-4-3-6-9(11(8)16(18)19)15-10-5-1-2-7-14-12(10)17/h3-4,6,10,15H,1-2,5,7H2,(H,14,17). The Labute approximate surface area is 109 Å². The van der Waals surface area contributed by atoms with E-state index >= 15 is 0 Å². The number of nitrogens with zero attached hydrogens (tertiary/aromatic N) is 1. The molecule has 1 aromatic carbocycles. The third-order valence-corrected chi connectivity index (χ3v) is 3.03. The van der Waals surface area contributed by atoms with Gasteiger partial charge in [-0.25, -0.2) is 0 Å². The number of para-hydroxylation sites is 1. The SMILES string of the molecule is O=C1NCCCCC1Nc1cccc(F)c1[N+](=O)[O-]. The van der Waals surface area contributed by atoms with E-state index in [2.05, 4.69) is 10.6 Å². The Kier molecular flexibility index (Phi) is 3.94. The second-order valence-corrected chi connectivity index (χ2v) is 4.38. The summed E-state index contributed by atoms with van der Waals surface area (Å²) in [4.78, 5) is 21.8. The quantitative estimate of drug-likeness (QED) is 0.646. The van der Waals surface area contributed by atoms with E-state index < -0.39 is 22.5 Å². The van der Waals surface area contributed by atoms with Crippen LogP contribution in [0.1, 0.15) is 19.3 Å². The molecule has 0 radical (unpaired) electrons. The van der Waals surface area contributed by atoms with E-state index in [0.717, 1.165) is 18.9 Å². The minimum absolute atomic E-state index is 0.0343. The molecular weight excluding hydrogens is 253 g/mol. The van der Waals surface area contributed by atoms with Crippen LogP contribution in [0.4, 0.5) is 15.8 Å². The van der Waals surface area contributed by atoms with Crippen LogP contribution >= 0.6 is 0 Å². The van der Waals surface area contributed by atoms with E-state index in [4.69, 9.17) is 0 Å². The van der Waals surface area contributed by atoms with E-state index in [1.807, 2.05) is 0 Å². The van der Waals surface area contributed by atoms with Crippen LogP contribution in [0, 0.1) is 15.9 Å². The number of nitro groups is 1. The average molecular weight is 267 g/mol. The molecule has 1 saturated heterocycles. The second-order valence-electron chi connectivity index (χ2n) is 4.38. The largest absolute Gasteiger partial charge is 0.368 e. The molecule has 1 amide bonds. The molecule has 1 fully saturated rings. The fraction of sp³-hybridized carbons (Fsp3) is 0.417. The van der Waals surface area contributed by atoms with Gasteiger partial charge in [-0.3, -0.25) is 14.9 Å². The van der Waals surface area contributed by atoms with Crippen LogP contribution in [-0.4, -0.2) is 23.4 Å². The van der Waals surface area contributed by atoms with Crippen LogP contribution in [0.25, 0.3) is 0 Å². The maximum absolute atomic E-state index is 13.5. The molecular formula is C12H14FN3O3. The Morgan fingerprint density at radius 2 is 2.21 bits per heavy atom. The third kappa shape index (κ3) is 2.98. The number of nitrogens with one attached hydrogen (secondary N) is 2. The summed E-state index contributed by atoms with van der Waals surface area (Å²) in [6.07, 6.45) is 2.27. The van der Waals surface area contributed by atoms with Gasteiger partial charge < -0.3 is 10.6 Å². The zero-order chi connectivity index (χ0) is 13.8. The van der Waals surface area contributed by atoms with Gasteiger partial charge in [0.1, 0.15) is 11.7 Å². The number of rotatable bonds is 3. The number of carbonyl (C=O) groups is 1. The Hall–Kier alpha value is -2.18. The number of nitro benzene ring substituents is 1. The van der Waals surface area contributed by atoms with E-state index in [9.17, 15) is 19.3 Å².